The van der Waals surface area contributed by atoms with E-state index in [-0.39, 0.29) is 10.9 Å². The molecule has 1 aromatic carbocycles. The molecular formula is C18H23N5O3S. The van der Waals surface area contributed by atoms with Gasteiger partial charge in [-0.3, -0.25) is 4.99 Å². The summed E-state index contributed by atoms with van der Waals surface area (Å²) in [5.74, 6) is 2.25. The molecule has 0 spiro atoms. The predicted octanol–water partition coefficient (Wildman–Crippen LogP) is 0.987. The molecule has 27 heavy (non-hydrogen) atoms. The highest BCUT2D eigenvalue weighted by molar-refractivity contribution is 7.89. The van der Waals surface area contributed by atoms with Crippen molar-refractivity contribution in [2.75, 3.05) is 39.8 Å². The molecule has 9 heteroatoms. The zero-order chi connectivity index (χ0) is 19.0. The number of hydrogen-bond donors (Lipinski definition) is 0. The van der Waals surface area contributed by atoms with Gasteiger partial charge < -0.3 is 14.5 Å². The minimum absolute atomic E-state index is 0.239. The summed E-state index contributed by atoms with van der Waals surface area (Å²) in [6, 6.07) is 6.83. The van der Waals surface area contributed by atoms with Crippen LogP contribution >= 0.6 is 0 Å². The van der Waals surface area contributed by atoms with Gasteiger partial charge in [0, 0.05) is 51.2 Å². The molecule has 0 N–H and O–H groups in total. The summed E-state index contributed by atoms with van der Waals surface area (Å²) in [6.07, 6.45) is 3.72. The topological polar surface area (TPSA) is 77.8 Å². The second kappa shape index (κ2) is 6.97. The third-order valence-electron chi connectivity index (χ3n) is 4.94. The molecule has 1 aromatic rings. The standard InChI is InChI=1S/C18H23N5O3S/c1-14-13-22-7-6-19-17(18(22)20-14)21-8-10-23(11-9-21)27(24,25)16-5-3-4-15(12-16)26-2/h3-7,12,14H,8-11,13H2,1-2H3. The van der Waals surface area contributed by atoms with Crippen molar-refractivity contribution < 1.29 is 13.2 Å². The van der Waals surface area contributed by atoms with Crippen molar-refractivity contribution in [1.29, 1.82) is 0 Å². The quantitative estimate of drug-likeness (QED) is 0.770. The highest BCUT2D eigenvalue weighted by Crippen LogP contribution is 2.23. The first-order valence-electron chi connectivity index (χ1n) is 8.97. The Bertz CT molecular complexity index is 917. The lowest BCUT2D eigenvalue weighted by molar-refractivity contribution is 0.267. The van der Waals surface area contributed by atoms with Crippen molar-refractivity contribution >= 4 is 21.7 Å². The number of rotatable bonds is 3. The van der Waals surface area contributed by atoms with Gasteiger partial charge in [-0.15, -0.1) is 0 Å². The van der Waals surface area contributed by atoms with E-state index in [1.165, 1.54) is 11.4 Å². The maximum absolute atomic E-state index is 12.9. The molecule has 8 nitrogen and oxygen atoms in total. The van der Waals surface area contributed by atoms with Crippen LogP contribution in [-0.2, 0) is 10.0 Å². The number of amidine groups is 2. The molecule has 144 valence electrons. The Morgan fingerprint density at radius 2 is 1.93 bits per heavy atom. The molecule has 3 aliphatic rings. The molecule has 0 radical (unpaired) electrons. The van der Waals surface area contributed by atoms with Crippen molar-refractivity contribution in [3.63, 3.8) is 0 Å². The first-order valence-corrected chi connectivity index (χ1v) is 10.4. The van der Waals surface area contributed by atoms with Gasteiger partial charge in [0.1, 0.15) is 5.75 Å². The lowest BCUT2D eigenvalue weighted by atomic mass is 10.3. The molecule has 0 bridgehead atoms. The van der Waals surface area contributed by atoms with Crippen LogP contribution in [0.15, 0.2) is 51.5 Å². The number of piperazine rings is 1. The van der Waals surface area contributed by atoms with Gasteiger partial charge in [-0.2, -0.15) is 4.31 Å². The summed E-state index contributed by atoms with van der Waals surface area (Å²) in [5, 5.41) is 0. The fourth-order valence-electron chi connectivity index (χ4n) is 3.53. The minimum atomic E-state index is -3.54. The van der Waals surface area contributed by atoms with E-state index in [1.807, 2.05) is 6.20 Å². The van der Waals surface area contributed by atoms with E-state index in [4.69, 9.17) is 4.74 Å². The van der Waals surface area contributed by atoms with E-state index >= 15 is 0 Å². The van der Waals surface area contributed by atoms with Crippen molar-refractivity contribution in [3.05, 3.63) is 36.7 Å². The minimum Gasteiger partial charge on any atom is -0.497 e. The van der Waals surface area contributed by atoms with E-state index in [2.05, 4.69) is 26.7 Å². The van der Waals surface area contributed by atoms with Gasteiger partial charge in [0.15, 0.2) is 11.7 Å². The molecule has 0 aliphatic carbocycles. The van der Waals surface area contributed by atoms with E-state index in [0.29, 0.717) is 31.9 Å². The summed E-state index contributed by atoms with van der Waals surface area (Å²) in [7, 11) is -2.02. The number of ether oxygens (including phenoxy) is 1. The summed E-state index contributed by atoms with van der Waals surface area (Å²) in [4.78, 5) is 13.7. The number of hydrogen-bond acceptors (Lipinski definition) is 7. The highest BCUT2D eigenvalue weighted by Gasteiger charge is 2.34. The van der Waals surface area contributed by atoms with Gasteiger partial charge in [0.05, 0.1) is 18.0 Å². The summed E-state index contributed by atoms with van der Waals surface area (Å²) in [6.45, 7) is 4.91. The fourth-order valence-corrected chi connectivity index (χ4v) is 4.99. The molecule has 0 amide bonds. The molecular weight excluding hydrogens is 366 g/mol. The Kier molecular flexibility index (Phi) is 4.65. The number of fused-ring (bicyclic) bond motifs is 1. The third-order valence-corrected chi connectivity index (χ3v) is 6.83. The van der Waals surface area contributed by atoms with Crippen molar-refractivity contribution in [2.24, 2.45) is 9.98 Å². The zero-order valence-electron chi connectivity index (χ0n) is 15.4. The molecule has 1 unspecified atom stereocenters. The maximum atomic E-state index is 12.9. The summed E-state index contributed by atoms with van der Waals surface area (Å²) < 4.78 is 32.6. The van der Waals surface area contributed by atoms with Gasteiger partial charge in [-0.1, -0.05) is 6.07 Å². The summed E-state index contributed by atoms with van der Waals surface area (Å²) in [5.41, 5.74) is 0. The Morgan fingerprint density at radius 1 is 1.15 bits per heavy atom. The molecule has 1 fully saturated rings. The van der Waals surface area contributed by atoms with Crippen LogP contribution in [0.5, 0.6) is 5.75 Å². The van der Waals surface area contributed by atoms with Crippen molar-refractivity contribution in [2.45, 2.75) is 17.9 Å². The van der Waals surface area contributed by atoms with Crippen LogP contribution in [0.1, 0.15) is 6.92 Å². The average molecular weight is 389 g/mol. The Morgan fingerprint density at radius 3 is 2.67 bits per heavy atom. The highest BCUT2D eigenvalue weighted by atomic mass is 32.2. The number of nitrogens with zero attached hydrogens (tertiary/aromatic N) is 5. The zero-order valence-corrected chi connectivity index (χ0v) is 16.3. The van der Waals surface area contributed by atoms with E-state index < -0.39 is 10.0 Å². The summed E-state index contributed by atoms with van der Waals surface area (Å²) >= 11 is 0. The molecule has 3 aliphatic heterocycles. The van der Waals surface area contributed by atoms with Crippen LogP contribution in [-0.4, -0.2) is 80.1 Å². The largest absolute Gasteiger partial charge is 0.497 e. The van der Waals surface area contributed by atoms with Gasteiger partial charge in [0.2, 0.25) is 10.0 Å². The number of sulfonamides is 1. The lowest BCUT2D eigenvalue weighted by Gasteiger charge is -2.37. The van der Waals surface area contributed by atoms with E-state index in [0.717, 1.165) is 18.2 Å². The number of benzene rings is 1. The van der Waals surface area contributed by atoms with Gasteiger partial charge in [-0.05, 0) is 19.1 Å². The average Bonchev–Trinajstić information content (AvgIpc) is 3.08. The van der Waals surface area contributed by atoms with Crippen molar-refractivity contribution in [1.82, 2.24) is 14.1 Å². The fraction of sp³-hybridized carbons (Fsp3) is 0.444. The molecule has 0 saturated carbocycles. The Hall–Kier alpha value is -2.39. The van der Waals surface area contributed by atoms with Gasteiger partial charge in [-0.25, -0.2) is 13.4 Å². The van der Waals surface area contributed by atoms with E-state index in [1.54, 1.807) is 30.5 Å². The second-order valence-corrected chi connectivity index (χ2v) is 8.71. The second-order valence-electron chi connectivity index (χ2n) is 6.78. The lowest BCUT2D eigenvalue weighted by Crippen LogP contribution is -2.53. The van der Waals surface area contributed by atoms with Crippen LogP contribution in [0.4, 0.5) is 0 Å². The van der Waals surface area contributed by atoms with E-state index in [9.17, 15) is 8.42 Å². The molecule has 0 aromatic heterocycles. The van der Waals surface area contributed by atoms with Crippen LogP contribution in [0.2, 0.25) is 0 Å². The Labute approximate surface area is 159 Å². The normalized spacial score (nSPS) is 23.1. The van der Waals surface area contributed by atoms with Crippen molar-refractivity contribution in [3.8, 4) is 5.75 Å². The van der Waals surface area contributed by atoms with Gasteiger partial charge >= 0.3 is 0 Å². The smallest absolute Gasteiger partial charge is 0.243 e. The molecule has 4 rings (SSSR count). The van der Waals surface area contributed by atoms with Crippen LogP contribution in [0, 0.1) is 0 Å². The third kappa shape index (κ3) is 3.32. The Balaban J connectivity index is 1.48. The maximum Gasteiger partial charge on any atom is 0.243 e. The van der Waals surface area contributed by atoms with Crippen LogP contribution in [0.25, 0.3) is 0 Å². The SMILES string of the molecule is COc1cccc(S(=O)(=O)N2CCN(C3=NC=CN4CC(C)N=C34)CC2)c1. The number of aliphatic imine (C=N–C) groups is 2. The predicted molar refractivity (Wildman–Crippen MR) is 104 cm³/mol. The first kappa shape index (κ1) is 18.0. The first-order chi connectivity index (χ1) is 13.0. The molecule has 1 atom stereocenters. The van der Waals surface area contributed by atoms with Crippen LogP contribution in [0.3, 0.4) is 0 Å². The number of methoxy groups -OCH3 is 1. The monoisotopic (exact) mass is 389 g/mol. The molecule has 3 heterocycles. The van der Waals surface area contributed by atoms with Crippen LogP contribution < -0.4 is 4.74 Å². The van der Waals surface area contributed by atoms with Gasteiger partial charge in [0.25, 0.3) is 0 Å². The molecule has 1 saturated heterocycles.